The topological polar surface area (TPSA) is 55.9 Å². The molecule has 7 heteroatoms. The second-order valence-electron chi connectivity index (χ2n) is 5.30. The fourth-order valence-corrected chi connectivity index (χ4v) is 5.38. The van der Waals surface area contributed by atoms with Crippen LogP contribution in [0.2, 0.25) is 5.15 Å². The number of thioether (sulfide) groups is 1. The zero-order valence-corrected chi connectivity index (χ0v) is 14.5. The van der Waals surface area contributed by atoms with E-state index in [4.69, 9.17) is 17.4 Å². The van der Waals surface area contributed by atoms with Crippen molar-refractivity contribution in [3.05, 3.63) is 37.8 Å². The van der Waals surface area contributed by atoms with Crippen LogP contribution in [0.25, 0.3) is 0 Å². The van der Waals surface area contributed by atoms with E-state index in [1.54, 1.807) is 4.68 Å². The van der Waals surface area contributed by atoms with Gasteiger partial charge in [-0.15, -0.1) is 11.3 Å². The molecule has 3 N–H and O–H groups in total. The molecule has 0 spiro atoms. The maximum Gasteiger partial charge on any atom is 0.130 e. The van der Waals surface area contributed by atoms with Gasteiger partial charge in [0, 0.05) is 28.1 Å². The number of nitrogens with zero attached hydrogens (tertiary/aromatic N) is 2. The van der Waals surface area contributed by atoms with E-state index in [-0.39, 0.29) is 6.04 Å². The lowest BCUT2D eigenvalue weighted by molar-refractivity contribution is 0.559. The summed E-state index contributed by atoms with van der Waals surface area (Å²) in [6, 6.07) is 2.39. The Hall–Kier alpha value is -0.530. The van der Waals surface area contributed by atoms with Crippen molar-refractivity contribution in [1.29, 1.82) is 0 Å². The van der Waals surface area contributed by atoms with Crippen LogP contribution in [0.1, 0.15) is 32.6 Å². The Bertz CT molecular complexity index is 626. The summed E-state index contributed by atoms with van der Waals surface area (Å²) in [5.74, 6) is 8.14. The van der Waals surface area contributed by atoms with Crippen LogP contribution in [-0.4, -0.2) is 15.5 Å². The minimum Gasteiger partial charge on any atom is -0.271 e. The van der Waals surface area contributed by atoms with Gasteiger partial charge >= 0.3 is 0 Å². The molecule has 1 atom stereocenters. The van der Waals surface area contributed by atoms with Gasteiger partial charge in [0.15, 0.2) is 0 Å². The van der Waals surface area contributed by atoms with Gasteiger partial charge in [-0.25, -0.2) is 0 Å². The summed E-state index contributed by atoms with van der Waals surface area (Å²) in [6.45, 7) is 1.99. The molecule has 3 heterocycles. The molecule has 0 amide bonds. The van der Waals surface area contributed by atoms with E-state index in [9.17, 15) is 0 Å². The number of aryl methyl sites for hydroxylation is 3. The third-order valence-electron chi connectivity index (χ3n) is 3.87. The number of hydrazine groups is 1. The molecule has 0 saturated heterocycles. The first-order valence-electron chi connectivity index (χ1n) is 6.93. The molecule has 21 heavy (non-hydrogen) atoms. The third kappa shape index (κ3) is 3.00. The average Bonchev–Trinajstić information content (AvgIpc) is 3.00. The maximum atomic E-state index is 6.34. The zero-order valence-electron chi connectivity index (χ0n) is 12.1. The van der Waals surface area contributed by atoms with Crippen LogP contribution >= 0.6 is 34.7 Å². The van der Waals surface area contributed by atoms with Crippen molar-refractivity contribution in [3.63, 3.8) is 0 Å². The number of rotatable bonds is 4. The Morgan fingerprint density at radius 1 is 1.57 bits per heavy atom. The average molecular weight is 343 g/mol. The molecule has 0 radical (unpaired) electrons. The molecule has 0 fully saturated rings. The van der Waals surface area contributed by atoms with Crippen molar-refractivity contribution >= 4 is 34.7 Å². The van der Waals surface area contributed by atoms with Gasteiger partial charge in [-0.2, -0.15) is 16.9 Å². The summed E-state index contributed by atoms with van der Waals surface area (Å²) in [5.41, 5.74) is 6.46. The summed E-state index contributed by atoms with van der Waals surface area (Å²) >= 11 is 10.2. The van der Waals surface area contributed by atoms with E-state index in [1.165, 1.54) is 27.5 Å². The van der Waals surface area contributed by atoms with E-state index in [0.717, 1.165) is 23.4 Å². The van der Waals surface area contributed by atoms with Crippen LogP contribution in [-0.2, 0) is 25.6 Å². The summed E-state index contributed by atoms with van der Waals surface area (Å²) in [7, 11) is 1.87. The number of aromatic nitrogens is 2. The Labute approximate surface area is 138 Å². The molecule has 2 aromatic heterocycles. The first-order chi connectivity index (χ1) is 10.1. The van der Waals surface area contributed by atoms with Gasteiger partial charge in [0.25, 0.3) is 0 Å². The molecular formula is C14H19ClN4S2. The predicted octanol–water partition coefficient (Wildman–Crippen LogP) is 2.98. The fraction of sp³-hybridized carbons (Fsp3) is 0.500. The molecule has 1 aliphatic rings. The van der Waals surface area contributed by atoms with Crippen LogP contribution < -0.4 is 11.3 Å². The van der Waals surface area contributed by atoms with Gasteiger partial charge in [-0.05, 0) is 37.1 Å². The Balaban J connectivity index is 1.86. The van der Waals surface area contributed by atoms with Crippen molar-refractivity contribution < 1.29 is 0 Å². The smallest absolute Gasteiger partial charge is 0.130 e. The molecule has 3 rings (SSSR count). The zero-order chi connectivity index (χ0) is 15.0. The van der Waals surface area contributed by atoms with Crippen LogP contribution in [0.3, 0.4) is 0 Å². The van der Waals surface area contributed by atoms with Crippen LogP contribution in [0.5, 0.6) is 0 Å². The Morgan fingerprint density at radius 2 is 2.38 bits per heavy atom. The number of nitrogens with one attached hydrogen (secondary N) is 1. The molecule has 0 aliphatic carbocycles. The molecule has 114 valence electrons. The largest absolute Gasteiger partial charge is 0.271 e. The van der Waals surface area contributed by atoms with Crippen molar-refractivity contribution in [1.82, 2.24) is 15.2 Å². The maximum absolute atomic E-state index is 6.34. The molecule has 0 saturated carbocycles. The quantitative estimate of drug-likeness (QED) is 0.662. The lowest BCUT2D eigenvalue weighted by Gasteiger charge is -2.14. The highest BCUT2D eigenvalue weighted by Crippen LogP contribution is 2.36. The highest BCUT2D eigenvalue weighted by Gasteiger charge is 2.22. The minimum atomic E-state index is 0.0889. The summed E-state index contributed by atoms with van der Waals surface area (Å²) in [6.07, 6.45) is 1.94. The van der Waals surface area contributed by atoms with Gasteiger partial charge in [0.2, 0.25) is 0 Å². The van der Waals surface area contributed by atoms with E-state index in [1.807, 2.05) is 37.1 Å². The summed E-state index contributed by atoms with van der Waals surface area (Å²) in [4.78, 5) is 2.81. The second kappa shape index (κ2) is 6.30. The monoisotopic (exact) mass is 342 g/mol. The molecule has 4 nitrogen and oxygen atoms in total. The lowest BCUT2D eigenvalue weighted by Crippen LogP contribution is -2.29. The number of halogens is 1. The standard InChI is InChI=1S/C14H19ClN4S2/c1-8-10(14(15)19(2)18-8)6-11(17-16)13-5-9-7-20-4-3-12(9)21-13/h5,11,17H,3-4,6-7,16H2,1-2H3. The first kappa shape index (κ1) is 15.4. The number of thiophene rings is 1. The molecule has 2 aromatic rings. The van der Waals surface area contributed by atoms with Gasteiger partial charge < -0.3 is 0 Å². The van der Waals surface area contributed by atoms with Gasteiger partial charge in [-0.1, -0.05) is 11.6 Å². The summed E-state index contributed by atoms with van der Waals surface area (Å²) in [5, 5.41) is 5.07. The Kier molecular flexibility index (Phi) is 4.61. The molecule has 0 aromatic carbocycles. The van der Waals surface area contributed by atoms with Crippen molar-refractivity contribution in [2.24, 2.45) is 12.9 Å². The number of hydrogen-bond donors (Lipinski definition) is 2. The number of fused-ring (bicyclic) bond motifs is 1. The Morgan fingerprint density at radius 3 is 3.00 bits per heavy atom. The fourth-order valence-electron chi connectivity index (χ4n) is 2.69. The van der Waals surface area contributed by atoms with E-state index in [2.05, 4.69) is 16.6 Å². The van der Waals surface area contributed by atoms with Gasteiger partial charge in [-0.3, -0.25) is 16.0 Å². The van der Waals surface area contributed by atoms with E-state index >= 15 is 0 Å². The number of hydrogen-bond acceptors (Lipinski definition) is 5. The first-order valence-corrected chi connectivity index (χ1v) is 9.28. The molecule has 0 bridgehead atoms. The summed E-state index contributed by atoms with van der Waals surface area (Å²) < 4.78 is 1.72. The van der Waals surface area contributed by atoms with E-state index in [0.29, 0.717) is 5.15 Å². The third-order valence-corrected chi connectivity index (χ3v) is 6.70. The van der Waals surface area contributed by atoms with Crippen molar-refractivity contribution in [2.45, 2.75) is 31.6 Å². The molecule has 1 unspecified atom stereocenters. The minimum absolute atomic E-state index is 0.0889. The second-order valence-corrected chi connectivity index (χ2v) is 7.93. The highest BCUT2D eigenvalue weighted by molar-refractivity contribution is 7.98. The van der Waals surface area contributed by atoms with E-state index < -0.39 is 0 Å². The van der Waals surface area contributed by atoms with Gasteiger partial charge in [0.05, 0.1) is 11.7 Å². The number of nitrogens with two attached hydrogens (primary N) is 1. The normalized spacial score (nSPS) is 16.0. The van der Waals surface area contributed by atoms with Gasteiger partial charge in [0.1, 0.15) is 5.15 Å². The van der Waals surface area contributed by atoms with Crippen molar-refractivity contribution in [3.8, 4) is 0 Å². The van der Waals surface area contributed by atoms with Crippen LogP contribution in [0, 0.1) is 6.92 Å². The SMILES string of the molecule is Cc1nn(C)c(Cl)c1CC(NN)c1cc2c(s1)CCSC2. The molecular weight excluding hydrogens is 324 g/mol. The van der Waals surface area contributed by atoms with Crippen LogP contribution in [0.15, 0.2) is 6.07 Å². The predicted molar refractivity (Wildman–Crippen MR) is 90.9 cm³/mol. The molecule has 1 aliphatic heterocycles. The highest BCUT2D eigenvalue weighted by atomic mass is 35.5. The van der Waals surface area contributed by atoms with Crippen LogP contribution in [0.4, 0.5) is 0 Å². The lowest BCUT2D eigenvalue weighted by atomic mass is 10.1. The van der Waals surface area contributed by atoms with Crippen molar-refractivity contribution in [2.75, 3.05) is 5.75 Å².